The number of halogens is 1. The van der Waals surface area contributed by atoms with Crippen molar-refractivity contribution in [1.29, 1.82) is 0 Å². The highest BCUT2D eigenvalue weighted by atomic mass is 19.1. The number of nitrogens with zero attached hydrogens (tertiary/aromatic N) is 4. The molecule has 0 bridgehead atoms. The normalized spacial score (nSPS) is 10.8. The number of benzene rings is 2. The molecule has 0 aliphatic rings. The lowest BCUT2D eigenvalue weighted by molar-refractivity contribution is -0.111. The first kappa shape index (κ1) is 22.1. The first-order valence-corrected chi connectivity index (χ1v) is 10.2. The van der Waals surface area contributed by atoms with E-state index in [0.717, 1.165) is 17.5 Å². The van der Waals surface area contributed by atoms with Crippen molar-refractivity contribution < 1.29 is 18.7 Å². The van der Waals surface area contributed by atoms with Crippen LogP contribution in [0.3, 0.4) is 0 Å². The second kappa shape index (κ2) is 10.0. The minimum Gasteiger partial charge on any atom is -0.491 e. The third kappa shape index (κ3) is 5.04. The van der Waals surface area contributed by atoms with Gasteiger partial charge in [0.25, 0.3) is 0 Å². The van der Waals surface area contributed by atoms with Crippen LogP contribution in [0.5, 0.6) is 5.75 Å². The maximum Gasteiger partial charge on any atom is 0.247 e. The number of hydrogen-bond donors (Lipinski definition) is 1. The minimum absolute atomic E-state index is 0.0780. The number of amides is 1. The number of ether oxygens (including phenoxy) is 2. The predicted octanol–water partition coefficient (Wildman–Crippen LogP) is 3.70. The summed E-state index contributed by atoms with van der Waals surface area (Å²) in [6.07, 6.45) is 4.20. The summed E-state index contributed by atoms with van der Waals surface area (Å²) in [7, 11) is 1.62. The van der Waals surface area contributed by atoms with Crippen LogP contribution in [0.2, 0.25) is 0 Å². The van der Waals surface area contributed by atoms with Gasteiger partial charge in [-0.25, -0.2) is 19.3 Å². The van der Waals surface area contributed by atoms with Crippen LogP contribution in [-0.4, -0.2) is 45.7 Å². The highest BCUT2D eigenvalue weighted by molar-refractivity contribution is 6.04. The van der Waals surface area contributed by atoms with Crippen LogP contribution in [-0.2, 0) is 16.0 Å². The van der Waals surface area contributed by atoms with E-state index < -0.39 is 5.82 Å². The molecule has 0 atom stereocenters. The molecule has 2 aromatic heterocycles. The summed E-state index contributed by atoms with van der Waals surface area (Å²) in [5.74, 6) is 0.329. The molecule has 4 aromatic rings. The Hall–Kier alpha value is -4.11. The number of nitrogens with one attached hydrogen (secondary N) is 1. The summed E-state index contributed by atoms with van der Waals surface area (Å²) in [4.78, 5) is 24.6. The zero-order valence-corrected chi connectivity index (χ0v) is 18.0. The molecule has 0 saturated heterocycles. The molecule has 8 nitrogen and oxygen atoms in total. The number of anilines is 1. The van der Waals surface area contributed by atoms with Crippen LogP contribution in [0.1, 0.15) is 11.4 Å². The molecule has 4 rings (SSSR count). The molecular formula is C24H22FN5O3. The van der Waals surface area contributed by atoms with Crippen molar-refractivity contribution in [3.63, 3.8) is 0 Å². The van der Waals surface area contributed by atoms with Crippen molar-refractivity contribution >= 4 is 22.6 Å². The number of fused-ring (bicyclic) bond motifs is 1. The summed E-state index contributed by atoms with van der Waals surface area (Å²) in [5.41, 5.74) is 2.56. The number of hydrogen-bond acceptors (Lipinski definition) is 6. The van der Waals surface area contributed by atoms with Crippen molar-refractivity contribution in [2.75, 3.05) is 25.6 Å². The smallest absolute Gasteiger partial charge is 0.247 e. The van der Waals surface area contributed by atoms with E-state index in [2.05, 4.69) is 26.8 Å². The molecule has 168 valence electrons. The molecule has 0 spiro atoms. The molecule has 33 heavy (non-hydrogen) atoms. The van der Waals surface area contributed by atoms with E-state index in [9.17, 15) is 9.18 Å². The summed E-state index contributed by atoms with van der Waals surface area (Å²) in [5, 5.41) is 2.70. The van der Waals surface area contributed by atoms with Crippen LogP contribution in [0.15, 0.2) is 67.6 Å². The highest BCUT2D eigenvalue weighted by Crippen LogP contribution is 2.25. The van der Waals surface area contributed by atoms with Gasteiger partial charge in [-0.3, -0.25) is 9.36 Å². The van der Waals surface area contributed by atoms with Crippen LogP contribution < -0.4 is 10.1 Å². The number of rotatable bonds is 9. The highest BCUT2D eigenvalue weighted by Gasteiger charge is 2.15. The molecule has 0 radical (unpaired) electrons. The lowest BCUT2D eigenvalue weighted by atomic mass is 10.1. The van der Waals surface area contributed by atoms with Gasteiger partial charge in [0.15, 0.2) is 11.6 Å². The fraction of sp³-hybridized carbons (Fsp3) is 0.167. The van der Waals surface area contributed by atoms with Gasteiger partial charge in [-0.05, 0) is 35.9 Å². The van der Waals surface area contributed by atoms with Crippen LogP contribution in [0.4, 0.5) is 10.1 Å². The molecule has 0 saturated carbocycles. The van der Waals surface area contributed by atoms with E-state index in [1.165, 1.54) is 17.0 Å². The number of carbonyl (C=O) groups excluding carboxylic acids is 1. The molecule has 2 aromatic carbocycles. The fourth-order valence-corrected chi connectivity index (χ4v) is 3.27. The van der Waals surface area contributed by atoms with Gasteiger partial charge in [0.05, 0.1) is 24.0 Å². The van der Waals surface area contributed by atoms with Crippen molar-refractivity contribution in [2.24, 2.45) is 0 Å². The van der Waals surface area contributed by atoms with E-state index in [1.807, 2.05) is 24.3 Å². The molecular weight excluding hydrogens is 425 g/mol. The Labute approximate surface area is 189 Å². The van der Waals surface area contributed by atoms with Gasteiger partial charge >= 0.3 is 0 Å². The maximum atomic E-state index is 14.7. The fourth-order valence-electron chi connectivity index (χ4n) is 3.27. The zero-order valence-electron chi connectivity index (χ0n) is 18.0. The lowest BCUT2D eigenvalue weighted by Gasteiger charge is -2.09. The number of aromatic nitrogens is 4. The zero-order chi connectivity index (χ0) is 23.2. The summed E-state index contributed by atoms with van der Waals surface area (Å²) in [6, 6.07) is 12.8. The van der Waals surface area contributed by atoms with Crippen LogP contribution >= 0.6 is 0 Å². The van der Waals surface area contributed by atoms with E-state index in [1.54, 1.807) is 25.3 Å². The number of para-hydroxylation sites is 1. The minimum atomic E-state index is -0.583. The Morgan fingerprint density at radius 2 is 2.00 bits per heavy atom. The third-order valence-corrected chi connectivity index (χ3v) is 4.87. The number of methoxy groups -OCH3 is 1. The summed E-state index contributed by atoms with van der Waals surface area (Å²) in [6.45, 7) is 4.43. The molecule has 0 unspecified atom stereocenters. The molecule has 9 heteroatoms. The first-order chi connectivity index (χ1) is 16.1. The van der Waals surface area contributed by atoms with Crippen LogP contribution in [0.25, 0.3) is 16.9 Å². The largest absolute Gasteiger partial charge is 0.491 e. The Balaban J connectivity index is 1.59. The van der Waals surface area contributed by atoms with Gasteiger partial charge < -0.3 is 14.8 Å². The molecule has 0 fully saturated rings. The summed E-state index contributed by atoms with van der Waals surface area (Å²) >= 11 is 0. The standard InChI is InChI=1S/C24H22FN5O3/c1-3-22(31)28-19-5-4-6-20-23(19)27-15-30(20)24-18(25)14-26-21(29-24)13-16-7-9-17(10-8-16)33-12-11-32-2/h3-10,14-15H,1,11-13H2,2H3,(H,28,31). The number of imidazole rings is 1. The van der Waals surface area contributed by atoms with E-state index in [0.29, 0.717) is 42.2 Å². The molecule has 0 aliphatic carbocycles. The molecule has 1 amide bonds. The monoisotopic (exact) mass is 447 g/mol. The third-order valence-electron chi connectivity index (χ3n) is 4.87. The SMILES string of the molecule is C=CC(=O)Nc1cccc2c1ncn2-c1nc(Cc2ccc(OCCOC)cc2)ncc1F. The Morgan fingerprint density at radius 1 is 1.18 bits per heavy atom. The van der Waals surface area contributed by atoms with E-state index in [4.69, 9.17) is 9.47 Å². The van der Waals surface area contributed by atoms with E-state index in [-0.39, 0.29) is 11.7 Å². The van der Waals surface area contributed by atoms with Gasteiger partial charge in [0.1, 0.15) is 30.0 Å². The lowest BCUT2D eigenvalue weighted by Crippen LogP contribution is -2.08. The van der Waals surface area contributed by atoms with E-state index >= 15 is 0 Å². The molecule has 0 aliphatic heterocycles. The average Bonchev–Trinajstić information content (AvgIpc) is 3.26. The Bertz CT molecular complexity index is 1290. The van der Waals surface area contributed by atoms with Crippen molar-refractivity contribution in [1.82, 2.24) is 19.5 Å². The predicted molar refractivity (Wildman–Crippen MR) is 122 cm³/mol. The topological polar surface area (TPSA) is 91.2 Å². The quantitative estimate of drug-likeness (QED) is 0.311. The molecule has 2 heterocycles. The van der Waals surface area contributed by atoms with Gasteiger partial charge in [-0.1, -0.05) is 24.8 Å². The van der Waals surface area contributed by atoms with Crippen molar-refractivity contribution in [3.8, 4) is 11.6 Å². The van der Waals surface area contributed by atoms with Gasteiger partial charge in [0.2, 0.25) is 5.91 Å². The van der Waals surface area contributed by atoms with Gasteiger partial charge in [-0.2, -0.15) is 0 Å². The average molecular weight is 447 g/mol. The number of carbonyl (C=O) groups is 1. The van der Waals surface area contributed by atoms with Crippen molar-refractivity contribution in [2.45, 2.75) is 6.42 Å². The summed E-state index contributed by atoms with van der Waals surface area (Å²) < 4.78 is 26.8. The first-order valence-electron chi connectivity index (χ1n) is 10.2. The second-order valence-corrected chi connectivity index (χ2v) is 7.10. The molecule has 1 N–H and O–H groups in total. The van der Waals surface area contributed by atoms with Gasteiger partial charge in [0, 0.05) is 13.5 Å². The van der Waals surface area contributed by atoms with Gasteiger partial charge in [-0.15, -0.1) is 0 Å². The Morgan fingerprint density at radius 3 is 2.76 bits per heavy atom. The Kier molecular flexibility index (Phi) is 6.70. The van der Waals surface area contributed by atoms with Crippen molar-refractivity contribution in [3.05, 3.63) is 84.8 Å². The maximum absolute atomic E-state index is 14.7. The second-order valence-electron chi connectivity index (χ2n) is 7.10. The van der Waals surface area contributed by atoms with Crippen LogP contribution in [0, 0.1) is 5.82 Å².